The first kappa shape index (κ1) is 54.3. The monoisotopic (exact) mass is 1050 g/mol. The average molecular weight is 1050 g/mol. The number of carbonyl (C=O) groups is 9. The van der Waals surface area contributed by atoms with Gasteiger partial charge in [0.2, 0.25) is 29.5 Å². The summed E-state index contributed by atoms with van der Waals surface area (Å²) in [6.45, 7) is 1.33. The lowest BCUT2D eigenvalue weighted by Crippen LogP contribution is -2.44. The number of nitrogens with zero attached hydrogens (tertiary/aromatic N) is 3. The van der Waals surface area contributed by atoms with E-state index in [-0.39, 0.29) is 106 Å². The number of carbonyl (C=O) groups excluding carboxylic acids is 9. The molecule has 3 atom stereocenters. The van der Waals surface area contributed by atoms with Gasteiger partial charge in [0.25, 0.3) is 17.4 Å². The minimum Gasteiger partial charge on any atom is -0.458 e. The fourth-order valence-corrected chi connectivity index (χ4v) is 10.1. The summed E-state index contributed by atoms with van der Waals surface area (Å²) in [5.74, 6) is -5.70. The summed E-state index contributed by atoms with van der Waals surface area (Å²) in [5, 5.41) is 25.1. The van der Waals surface area contributed by atoms with Crippen LogP contribution in [0.1, 0.15) is 103 Å². The van der Waals surface area contributed by atoms with Crippen molar-refractivity contribution in [1.29, 1.82) is 0 Å². The number of imide groups is 1. The zero-order valence-electron chi connectivity index (χ0n) is 42.1. The number of aromatic nitrogens is 2. The van der Waals surface area contributed by atoms with Crippen LogP contribution in [-0.2, 0) is 84.2 Å². The summed E-state index contributed by atoms with van der Waals surface area (Å²) >= 11 is 0. The number of ether oxygens (including phenoxy) is 2. The number of aryl methyl sites for hydroxylation is 1. The van der Waals surface area contributed by atoms with Crippen LogP contribution < -0.4 is 32.1 Å². The zero-order valence-corrected chi connectivity index (χ0v) is 42.1. The number of halogens is 1. The van der Waals surface area contributed by atoms with E-state index in [1.165, 1.54) is 22.8 Å². The number of unbranched alkanes of at least 4 members (excludes halogenated alkanes) is 2. The van der Waals surface area contributed by atoms with Gasteiger partial charge < -0.3 is 45.7 Å². The third kappa shape index (κ3) is 11.9. The fourth-order valence-electron chi connectivity index (χ4n) is 10.1. The Morgan fingerprint density at radius 2 is 1.59 bits per heavy atom. The summed E-state index contributed by atoms with van der Waals surface area (Å²) < 4.78 is 27.6. The fraction of sp³-hybridized carbons (Fsp3) is 0.426. The van der Waals surface area contributed by atoms with E-state index < -0.39 is 71.7 Å². The molecular formula is C54H59FN8O13. The number of rotatable bonds is 24. The molecule has 2 aromatic heterocycles. The van der Waals surface area contributed by atoms with E-state index in [4.69, 9.17) is 14.5 Å². The SMILES string of the molecule is CC[C@@]1(O)C(=O)OCc2c1cc1n(c2=O)Cc2c-1nc1cc(F)c(C)c3c1c2[C@@H](NC(=O)COCNC(=O)CNC(=O)[C@@H](CCC(=O)CNC(=O)CNC(=O)CCCCCN1C(=O)C=CC1=O)Cc1ccccc1)CC3. The molecule has 0 saturated carbocycles. The molecule has 8 rings (SSSR count). The first-order chi connectivity index (χ1) is 36.5. The maximum absolute atomic E-state index is 15.4. The van der Waals surface area contributed by atoms with E-state index in [1.807, 2.05) is 30.3 Å². The van der Waals surface area contributed by atoms with Crippen LogP contribution in [0.5, 0.6) is 0 Å². The number of benzene rings is 2. The first-order valence-electron chi connectivity index (χ1n) is 25.3. The van der Waals surface area contributed by atoms with Gasteiger partial charge in [-0.15, -0.1) is 0 Å². The van der Waals surface area contributed by atoms with Crippen molar-refractivity contribution in [3.05, 3.63) is 110 Å². The predicted octanol–water partition coefficient (Wildman–Crippen LogP) is 1.76. The molecule has 21 nitrogen and oxygen atoms in total. The predicted molar refractivity (Wildman–Crippen MR) is 269 cm³/mol. The second-order valence-corrected chi connectivity index (χ2v) is 19.3. The van der Waals surface area contributed by atoms with Gasteiger partial charge in [0.15, 0.2) is 11.4 Å². The third-order valence-corrected chi connectivity index (χ3v) is 14.3. The second-order valence-electron chi connectivity index (χ2n) is 19.3. The Balaban J connectivity index is 0.792. The smallest absolute Gasteiger partial charge is 0.343 e. The molecule has 0 spiro atoms. The molecule has 400 valence electrons. The molecule has 76 heavy (non-hydrogen) atoms. The standard InChI is InChI=1S/C54H59FN8O13/c1-3-54(74)37-21-41-50-35(26-63(41)52(72)36(37)27-76-53(54)73)49-39(16-15-34-30(2)38(55)22-40(61-50)48(34)49)60-45(68)28-75-29-59-44(67)25-58-51(71)32(20-31-10-6-4-7-11-31)13-14-33(64)23-56-43(66)24-57-42(65)12-8-5-9-19-62-46(69)17-18-47(62)70/h4,6-7,10-11,17-18,21-22,32,39,74H,3,5,8-9,12-16,19-20,23-29H2,1-2H3,(H,56,66)(H,57,65)(H,58,71)(H,59,67)(H,60,68)/t32-,39-,54-/m0/s1. The summed E-state index contributed by atoms with van der Waals surface area (Å²) in [5.41, 5.74) is 2.06. The highest BCUT2D eigenvalue weighted by Crippen LogP contribution is 2.46. The molecule has 4 aromatic rings. The molecule has 0 bridgehead atoms. The molecule has 0 unspecified atom stereocenters. The maximum Gasteiger partial charge on any atom is 0.343 e. The van der Waals surface area contributed by atoms with Crippen LogP contribution in [0.2, 0.25) is 0 Å². The summed E-state index contributed by atoms with van der Waals surface area (Å²) in [7, 11) is 0. The van der Waals surface area contributed by atoms with E-state index in [9.17, 15) is 53.1 Å². The number of pyridine rings is 2. The van der Waals surface area contributed by atoms with Gasteiger partial charge in [-0.3, -0.25) is 48.1 Å². The zero-order chi connectivity index (χ0) is 54.3. The Kier molecular flexibility index (Phi) is 16.9. The number of ketones is 1. The summed E-state index contributed by atoms with van der Waals surface area (Å²) in [4.78, 5) is 133. The van der Waals surface area contributed by atoms with Crippen LogP contribution in [0, 0.1) is 18.7 Å². The molecule has 3 aliphatic heterocycles. The number of fused-ring (bicyclic) bond motifs is 5. The molecule has 6 N–H and O–H groups in total. The van der Waals surface area contributed by atoms with Crippen molar-refractivity contribution in [2.45, 2.75) is 103 Å². The Labute approximate surface area is 435 Å². The average Bonchev–Trinajstić information content (AvgIpc) is 4.02. The molecule has 0 radical (unpaired) electrons. The van der Waals surface area contributed by atoms with Gasteiger partial charge in [0.1, 0.15) is 25.8 Å². The van der Waals surface area contributed by atoms with Crippen LogP contribution in [0.15, 0.2) is 59.4 Å². The van der Waals surface area contributed by atoms with E-state index in [1.54, 1.807) is 19.9 Å². The van der Waals surface area contributed by atoms with Crippen LogP contribution in [0.25, 0.3) is 22.3 Å². The lowest BCUT2D eigenvalue weighted by molar-refractivity contribution is -0.172. The van der Waals surface area contributed by atoms with Crippen molar-refractivity contribution in [1.82, 2.24) is 41.0 Å². The Hall–Kier alpha value is -7.98. The van der Waals surface area contributed by atoms with E-state index in [0.29, 0.717) is 71.1 Å². The summed E-state index contributed by atoms with van der Waals surface area (Å²) in [6.07, 6.45) is 5.21. The lowest BCUT2D eigenvalue weighted by Gasteiger charge is -2.31. The number of Topliss-reactive ketones (excluding diaryl/α,β-unsaturated/α-hetero) is 1. The lowest BCUT2D eigenvalue weighted by atomic mass is 9.81. The molecule has 7 amide bonds. The van der Waals surface area contributed by atoms with E-state index in [0.717, 1.165) is 16.0 Å². The number of cyclic esters (lactones) is 1. The minimum atomic E-state index is -2.05. The maximum atomic E-state index is 15.4. The largest absolute Gasteiger partial charge is 0.458 e. The Morgan fingerprint density at radius 3 is 2.34 bits per heavy atom. The van der Waals surface area contributed by atoms with Crippen molar-refractivity contribution in [3.63, 3.8) is 0 Å². The van der Waals surface area contributed by atoms with Gasteiger partial charge >= 0.3 is 5.97 Å². The molecule has 4 aliphatic rings. The number of hydrogen-bond acceptors (Lipinski definition) is 14. The third-order valence-electron chi connectivity index (χ3n) is 14.3. The van der Waals surface area contributed by atoms with Gasteiger partial charge in [0.05, 0.1) is 54.7 Å². The van der Waals surface area contributed by atoms with Crippen LogP contribution in [0.3, 0.4) is 0 Å². The molecule has 5 heterocycles. The van der Waals surface area contributed by atoms with Crippen molar-refractivity contribution in [2.24, 2.45) is 5.92 Å². The highest BCUT2D eigenvalue weighted by Gasteiger charge is 2.46. The minimum absolute atomic E-state index is 0.0453. The quantitative estimate of drug-likeness (QED) is 0.0222. The van der Waals surface area contributed by atoms with Crippen molar-refractivity contribution in [2.75, 3.05) is 39.5 Å². The van der Waals surface area contributed by atoms with Gasteiger partial charge in [-0.05, 0) is 80.2 Å². The highest BCUT2D eigenvalue weighted by atomic mass is 19.1. The van der Waals surface area contributed by atoms with Gasteiger partial charge in [0, 0.05) is 60.0 Å². The van der Waals surface area contributed by atoms with Crippen LogP contribution in [0.4, 0.5) is 4.39 Å². The van der Waals surface area contributed by atoms with Crippen molar-refractivity contribution < 1.29 is 62.1 Å². The van der Waals surface area contributed by atoms with Gasteiger partial charge in [-0.2, -0.15) is 0 Å². The van der Waals surface area contributed by atoms with Crippen molar-refractivity contribution >= 4 is 64.0 Å². The van der Waals surface area contributed by atoms with Gasteiger partial charge in [-0.1, -0.05) is 43.7 Å². The summed E-state index contributed by atoms with van der Waals surface area (Å²) in [6, 6.07) is 11.4. The number of aliphatic hydroxyl groups is 1. The Bertz CT molecular complexity index is 3100. The number of nitrogens with one attached hydrogen (secondary N) is 5. The number of hydrogen-bond donors (Lipinski definition) is 6. The van der Waals surface area contributed by atoms with E-state index in [2.05, 4.69) is 26.6 Å². The second kappa shape index (κ2) is 23.7. The normalized spacial score (nSPS) is 17.3. The van der Waals surface area contributed by atoms with Crippen LogP contribution >= 0.6 is 0 Å². The highest BCUT2D eigenvalue weighted by molar-refractivity contribution is 6.12. The molecule has 2 aromatic carbocycles. The van der Waals surface area contributed by atoms with E-state index >= 15 is 4.39 Å². The molecular weight excluding hydrogens is 988 g/mol. The number of amides is 7. The van der Waals surface area contributed by atoms with Crippen molar-refractivity contribution in [3.8, 4) is 11.4 Å². The van der Waals surface area contributed by atoms with Crippen LogP contribution in [-0.4, -0.2) is 112 Å². The van der Waals surface area contributed by atoms with Gasteiger partial charge in [-0.25, -0.2) is 14.2 Å². The topological polar surface area (TPSA) is 291 Å². The Morgan fingerprint density at radius 1 is 0.868 bits per heavy atom. The molecule has 0 fully saturated rings. The first-order valence-corrected chi connectivity index (χ1v) is 25.3. The molecule has 0 saturated heterocycles. The molecule has 22 heteroatoms. The molecule has 1 aliphatic carbocycles. The number of esters is 1.